The van der Waals surface area contributed by atoms with E-state index in [1.807, 2.05) is 48.5 Å². The average molecular weight is 515 g/mol. The molecule has 1 heterocycles. The van der Waals surface area contributed by atoms with Crippen molar-refractivity contribution < 1.29 is 19.4 Å². The van der Waals surface area contributed by atoms with Crippen LogP contribution in [0.4, 0.5) is 0 Å². The SMILES string of the molecule is C=CC[C@@]1(C(=O)NCC(C)C)N=C(c2ccc(OCCCO)cc2)O[C@@H]1c1ccc(Br)cc1. The molecule has 33 heavy (non-hydrogen) atoms. The lowest BCUT2D eigenvalue weighted by molar-refractivity contribution is -0.129. The molecule has 1 aliphatic heterocycles. The van der Waals surface area contributed by atoms with Crippen LogP contribution >= 0.6 is 15.9 Å². The monoisotopic (exact) mass is 514 g/mol. The van der Waals surface area contributed by atoms with E-state index in [1.165, 1.54) is 0 Å². The van der Waals surface area contributed by atoms with Crippen LogP contribution in [0, 0.1) is 5.92 Å². The molecule has 176 valence electrons. The Kier molecular flexibility index (Phi) is 8.69. The number of aliphatic imine (C=N–C) groups is 1. The molecule has 0 fully saturated rings. The zero-order chi connectivity index (χ0) is 23.8. The van der Waals surface area contributed by atoms with Gasteiger partial charge in [0.1, 0.15) is 5.75 Å². The van der Waals surface area contributed by atoms with Gasteiger partial charge in [-0.25, -0.2) is 4.99 Å². The van der Waals surface area contributed by atoms with Crippen LogP contribution in [-0.2, 0) is 9.53 Å². The Bertz CT molecular complexity index is 973. The van der Waals surface area contributed by atoms with E-state index in [4.69, 9.17) is 19.6 Å². The van der Waals surface area contributed by atoms with E-state index < -0.39 is 11.6 Å². The van der Waals surface area contributed by atoms with Crippen molar-refractivity contribution in [2.75, 3.05) is 19.8 Å². The van der Waals surface area contributed by atoms with Gasteiger partial charge in [-0.15, -0.1) is 6.58 Å². The first-order chi connectivity index (χ1) is 15.9. The van der Waals surface area contributed by atoms with E-state index in [0.29, 0.717) is 43.6 Å². The number of benzene rings is 2. The maximum absolute atomic E-state index is 13.5. The van der Waals surface area contributed by atoms with Gasteiger partial charge in [0.2, 0.25) is 5.90 Å². The summed E-state index contributed by atoms with van der Waals surface area (Å²) in [5.74, 6) is 1.24. The molecule has 3 rings (SSSR count). The normalized spacial score (nSPS) is 19.7. The van der Waals surface area contributed by atoms with Crippen LogP contribution in [0.25, 0.3) is 0 Å². The number of hydrogen-bond donors (Lipinski definition) is 2. The van der Waals surface area contributed by atoms with E-state index >= 15 is 0 Å². The standard InChI is InChI=1S/C26H31BrN2O4/c1-4-14-26(25(31)28-17-18(2)3)23(19-6-10-21(27)11-7-19)33-24(29-26)20-8-12-22(13-9-20)32-16-5-15-30/h4,6-13,18,23,30H,1,5,14-17H2,2-3H3,(H,28,31)/t23-,26-/m1/s1. The molecule has 0 saturated heterocycles. The van der Waals surface area contributed by atoms with Crippen LogP contribution in [0.1, 0.15) is 43.9 Å². The summed E-state index contributed by atoms with van der Waals surface area (Å²) in [6.45, 7) is 9.07. The summed E-state index contributed by atoms with van der Waals surface area (Å²) in [5.41, 5.74) is 0.465. The first kappa shape index (κ1) is 25.0. The largest absolute Gasteiger partial charge is 0.494 e. The summed E-state index contributed by atoms with van der Waals surface area (Å²) < 4.78 is 12.9. The van der Waals surface area contributed by atoms with Crippen LogP contribution in [0.15, 0.2) is 70.7 Å². The second-order valence-corrected chi connectivity index (χ2v) is 9.35. The molecule has 1 amide bonds. The Morgan fingerprint density at radius 2 is 1.97 bits per heavy atom. The van der Waals surface area contributed by atoms with Crippen LogP contribution in [0.2, 0.25) is 0 Å². The van der Waals surface area contributed by atoms with Gasteiger partial charge in [0.25, 0.3) is 5.91 Å². The maximum atomic E-state index is 13.5. The minimum Gasteiger partial charge on any atom is -0.494 e. The summed E-state index contributed by atoms with van der Waals surface area (Å²) in [4.78, 5) is 18.4. The Balaban J connectivity index is 1.96. The number of hydrogen-bond acceptors (Lipinski definition) is 5. The van der Waals surface area contributed by atoms with Gasteiger partial charge in [-0.2, -0.15) is 0 Å². The molecule has 0 spiro atoms. The van der Waals surface area contributed by atoms with Crippen molar-refractivity contribution in [1.82, 2.24) is 5.32 Å². The summed E-state index contributed by atoms with van der Waals surface area (Å²) in [5, 5.41) is 12.0. The van der Waals surface area contributed by atoms with E-state index in [2.05, 4.69) is 41.7 Å². The highest BCUT2D eigenvalue weighted by Gasteiger charge is 2.52. The molecule has 0 aromatic heterocycles. The van der Waals surface area contributed by atoms with E-state index in [0.717, 1.165) is 15.6 Å². The third kappa shape index (κ3) is 6.03. The second kappa shape index (κ2) is 11.5. The molecular formula is C26H31BrN2O4. The van der Waals surface area contributed by atoms with Crippen molar-refractivity contribution in [3.63, 3.8) is 0 Å². The van der Waals surface area contributed by atoms with E-state index in [9.17, 15) is 4.79 Å². The Labute approximate surface area is 203 Å². The number of aliphatic hydroxyl groups is 1. The first-order valence-corrected chi connectivity index (χ1v) is 11.9. The van der Waals surface area contributed by atoms with Gasteiger partial charge in [-0.1, -0.05) is 48.0 Å². The molecule has 1 aliphatic rings. The highest BCUT2D eigenvalue weighted by molar-refractivity contribution is 9.10. The highest BCUT2D eigenvalue weighted by Crippen LogP contribution is 2.43. The lowest BCUT2D eigenvalue weighted by Gasteiger charge is -2.30. The fraction of sp³-hybridized carbons (Fsp3) is 0.385. The summed E-state index contributed by atoms with van der Waals surface area (Å²) in [6.07, 6.45) is 2.03. The van der Waals surface area contributed by atoms with Crippen molar-refractivity contribution in [2.45, 2.75) is 38.3 Å². The lowest BCUT2D eigenvalue weighted by atomic mass is 9.84. The molecule has 2 aromatic carbocycles. The van der Waals surface area contributed by atoms with Gasteiger partial charge in [-0.05, 0) is 47.9 Å². The van der Waals surface area contributed by atoms with Crippen LogP contribution in [-0.4, -0.2) is 42.2 Å². The molecule has 2 N–H and O–H groups in total. The number of aliphatic hydroxyl groups excluding tert-OH is 1. The number of ether oxygens (including phenoxy) is 2. The topological polar surface area (TPSA) is 80.2 Å². The van der Waals surface area contributed by atoms with Crippen molar-refractivity contribution in [3.8, 4) is 5.75 Å². The van der Waals surface area contributed by atoms with E-state index in [1.54, 1.807) is 6.08 Å². The van der Waals surface area contributed by atoms with Gasteiger partial charge in [-0.3, -0.25) is 4.79 Å². The number of rotatable bonds is 11. The predicted molar refractivity (Wildman–Crippen MR) is 134 cm³/mol. The van der Waals surface area contributed by atoms with Gasteiger partial charge in [0, 0.05) is 36.0 Å². The molecule has 0 unspecified atom stereocenters. The average Bonchev–Trinajstić information content (AvgIpc) is 3.19. The zero-order valence-corrected chi connectivity index (χ0v) is 20.7. The van der Waals surface area contributed by atoms with Crippen molar-refractivity contribution in [3.05, 3.63) is 76.8 Å². The van der Waals surface area contributed by atoms with Crippen LogP contribution in [0.3, 0.4) is 0 Å². The zero-order valence-electron chi connectivity index (χ0n) is 19.1. The third-order valence-electron chi connectivity index (χ3n) is 5.33. The lowest BCUT2D eigenvalue weighted by Crippen LogP contribution is -2.48. The molecule has 0 bridgehead atoms. The fourth-order valence-corrected chi connectivity index (χ4v) is 3.89. The Hall–Kier alpha value is -2.64. The van der Waals surface area contributed by atoms with Gasteiger partial charge in [0.05, 0.1) is 6.61 Å². The van der Waals surface area contributed by atoms with Crippen molar-refractivity contribution >= 4 is 27.7 Å². The summed E-state index contributed by atoms with van der Waals surface area (Å²) in [6, 6.07) is 15.1. The molecule has 2 aromatic rings. The van der Waals surface area contributed by atoms with Gasteiger partial charge < -0.3 is 19.9 Å². The summed E-state index contributed by atoms with van der Waals surface area (Å²) in [7, 11) is 0. The molecule has 6 nitrogen and oxygen atoms in total. The number of halogens is 1. The minimum atomic E-state index is -1.16. The van der Waals surface area contributed by atoms with Crippen molar-refractivity contribution in [2.24, 2.45) is 10.9 Å². The third-order valence-corrected chi connectivity index (χ3v) is 5.86. The first-order valence-electron chi connectivity index (χ1n) is 11.1. The van der Waals surface area contributed by atoms with Crippen molar-refractivity contribution in [1.29, 1.82) is 0 Å². The predicted octanol–water partition coefficient (Wildman–Crippen LogP) is 4.82. The molecule has 7 heteroatoms. The number of nitrogens with zero attached hydrogens (tertiary/aromatic N) is 1. The number of amides is 1. The Morgan fingerprint density at radius 1 is 1.27 bits per heavy atom. The number of carbonyl (C=O) groups excluding carboxylic acids is 1. The second-order valence-electron chi connectivity index (χ2n) is 8.44. The smallest absolute Gasteiger partial charge is 0.252 e. The van der Waals surface area contributed by atoms with Gasteiger partial charge >= 0.3 is 0 Å². The van der Waals surface area contributed by atoms with Gasteiger partial charge in [0.15, 0.2) is 11.6 Å². The quantitative estimate of drug-likeness (QED) is 0.333. The summed E-state index contributed by atoms with van der Waals surface area (Å²) >= 11 is 3.47. The minimum absolute atomic E-state index is 0.0877. The maximum Gasteiger partial charge on any atom is 0.252 e. The highest BCUT2D eigenvalue weighted by atomic mass is 79.9. The van der Waals surface area contributed by atoms with E-state index in [-0.39, 0.29) is 12.5 Å². The molecular weight excluding hydrogens is 484 g/mol. The van der Waals surface area contributed by atoms with Crippen LogP contribution < -0.4 is 10.1 Å². The Morgan fingerprint density at radius 3 is 2.58 bits per heavy atom. The van der Waals surface area contributed by atoms with Crippen LogP contribution in [0.5, 0.6) is 5.75 Å². The number of carbonyl (C=O) groups is 1. The molecule has 2 atom stereocenters. The molecule has 0 saturated carbocycles. The molecule has 0 aliphatic carbocycles. The fourth-order valence-electron chi connectivity index (χ4n) is 3.62. The molecule has 0 radical (unpaired) electrons. The number of nitrogens with one attached hydrogen (secondary N) is 1.